The average Bonchev–Trinajstić information content (AvgIpc) is 2.38. The monoisotopic (exact) mass is 283 g/mol. The van der Waals surface area contributed by atoms with Crippen LogP contribution >= 0.6 is 12.6 Å². The summed E-state index contributed by atoms with van der Waals surface area (Å²) in [4.78, 5) is 11.8. The Morgan fingerprint density at radius 1 is 1.05 bits per heavy atom. The third-order valence-corrected chi connectivity index (χ3v) is 2.75. The number of rotatable bonds is 2. The van der Waals surface area contributed by atoms with Gasteiger partial charge in [-0.1, -0.05) is 6.07 Å². The van der Waals surface area contributed by atoms with Crippen LogP contribution in [-0.2, 0) is 0 Å². The Labute approximate surface area is 112 Å². The first-order chi connectivity index (χ1) is 8.99. The molecule has 2 aromatic rings. The highest BCUT2D eigenvalue weighted by Gasteiger charge is 2.13. The van der Waals surface area contributed by atoms with E-state index >= 15 is 0 Å². The Hall–Kier alpha value is -1.95. The van der Waals surface area contributed by atoms with Crippen LogP contribution in [0.2, 0.25) is 0 Å². The van der Waals surface area contributed by atoms with Gasteiger partial charge in [0.1, 0.15) is 5.82 Å². The van der Waals surface area contributed by atoms with Gasteiger partial charge in [-0.05, 0) is 30.3 Å². The SMILES string of the molecule is O=C(Nc1cccc(F)c1F)c1ccc(F)c(S)c1. The van der Waals surface area contributed by atoms with Crippen molar-refractivity contribution in [2.45, 2.75) is 4.90 Å². The van der Waals surface area contributed by atoms with E-state index in [9.17, 15) is 18.0 Å². The van der Waals surface area contributed by atoms with Gasteiger partial charge in [-0.2, -0.15) is 0 Å². The fourth-order valence-electron chi connectivity index (χ4n) is 1.45. The zero-order valence-corrected chi connectivity index (χ0v) is 10.3. The normalized spacial score (nSPS) is 10.3. The lowest BCUT2D eigenvalue weighted by atomic mass is 10.2. The second-order valence-corrected chi connectivity index (χ2v) is 4.20. The zero-order chi connectivity index (χ0) is 14.0. The predicted molar refractivity (Wildman–Crippen MR) is 68.0 cm³/mol. The number of thiol groups is 1. The molecule has 2 rings (SSSR count). The minimum Gasteiger partial charge on any atom is -0.319 e. The number of hydrogen-bond acceptors (Lipinski definition) is 2. The van der Waals surface area contributed by atoms with Crippen LogP contribution in [-0.4, -0.2) is 5.91 Å². The molecule has 0 heterocycles. The van der Waals surface area contributed by atoms with Crippen molar-refractivity contribution in [1.29, 1.82) is 0 Å². The third kappa shape index (κ3) is 2.90. The predicted octanol–water partition coefficient (Wildman–Crippen LogP) is 3.64. The van der Waals surface area contributed by atoms with Gasteiger partial charge in [0.05, 0.1) is 5.69 Å². The van der Waals surface area contributed by atoms with Crippen LogP contribution in [0.1, 0.15) is 10.4 Å². The second-order valence-electron chi connectivity index (χ2n) is 3.72. The molecule has 98 valence electrons. The summed E-state index contributed by atoms with van der Waals surface area (Å²) in [5.74, 6) is -3.47. The summed E-state index contributed by atoms with van der Waals surface area (Å²) in [5.41, 5.74) is -0.190. The van der Waals surface area contributed by atoms with Crippen LogP contribution in [0.4, 0.5) is 18.9 Å². The molecule has 0 atom stereocenters. The van der Waals surface area contributed by atoms with Crippen molar-refractivity contribution in [2.75, 3.05) is 5.32 Å². The van der Waals surface area contributed by atoms with Gasteiger partial charge in [-0.25, -0.2) is 13.2 Å². The highest BCUT2D eigenvalue weighted by atomic mass is 32.1. The van der Waals surface area contributed by atoms with Gasteiger partial charge in [-0.15, -0.1) is 12.6 Å². The number of hydrogen-bond donors (Lipinski definition) is 2. The van der Waals surface area contributed by atoms with E-state index in [0.29, 0.717) is 0 Å². The lowest BCUT2D eigenvalue weighted by molar-refractivity contribution is 0.102. The molecular formula is C13H8F3NOS. The van der Waals surface area contributed by atoms with Crippen LogP contribution in [0.5, 0.6) is 0 Å². The van der Waals surface area contributed by atoms with Gasteiger partial charge < -0.3 is 5.32 Å². The number of halogens is 3. The molecule has 19 heavy (non-hydrogen) atoms. The van der Waals surface area contributed by atoms with Gasteiger partial charge in [0.25, 0.3) is 5.91 Å². The Morgan fingerprint density at radius 2 is 1.79 bits per heavy atom. The number of benzene rings is 2. The molecule has 0 radical (unpaired) electrons. The van der Waals surface area contributed by atoms with Gasteiger partial charge >= 0.3 is 0 Å². The molecule has 0 saturated carbocycles. The molecule has 0 aliphatic carbocycles. The van der Waals surface area contributed by atoms with Crippen LogP contribution in [0.3, 0.4) is 0 Å². The smallest absolute Gasteiger partial charge is 0.255 e. The van der Waals surface area contributed by atoms with Gasteiger partial charge in [0.2, 0.25) is 0 Å². The van der Waals surface area contributed by atoms with E-state index in [1.165, 1.54) is 24.3 Å². The number of amides is 1. The van der Waals surface area contributed by atoms with E-state index in [1.807, 2.05) is 0 Å². The number of nitrogens with one attached hydrogen (secondary N) is 1. The molecule has 0 unspecified atom stereocenters. The summed E-state index contributed by atoms with van der Waals surface area (Å²) in [5, 5.41) is 2.20. The standard InChI is InChI=1S/C13H8F3NOS/c14-8-5-4-7(6-11(8)19)13(18)17-10-3-1-2-9(15)12(10)16/h1-6,19H,(H,17,18). The molecule has 0 spiro atoms. The first-order valence-electron chi connectivity index (χ1n) is 5.23. The summed E-state index contributed by atoms with van der Waals surface area (Å²) in [6.07, 6.45) is 0. The molecule has 1 amide bonds. The minimum absolute atomic E-state index is 0.00707. The van der Waals surface area contributed by atoms with Crippen molar-refractivity contribution in [3.05, 3.63) is 59.4 Å². The summed E-state index contributed by atoms with van der Waals surface area (Å²) < 4.78 is 39.3. The van der Waals surface area contributed by atoms with E-state index in [4.69, 9.17) is 0 Å². The second kappa shape index (κ2) is 5.36. The molecule has 0 bridgehead atoms. The van der Waals surface area contributed by atoms with Crippen LogP contribution < -0.4 is 5.32 Å². The maximum Gasteiger partial charge on any atom is 0.255 e. The van der Waals surface area contributed by atoms with Gasteiger partial charge in [0.15, 0.2) is 11.6 Å². The van der Waals surface area contributed by atoms with Crippen molar-refractivity contribution in [2.24, 2.45) is 0 Å². The number of anilines is 1. The first-order valence-corrected chi connectivity index (χ1v) is 5.67. The van der Waals surface area contributed by atoms with E-state index in [1.54, 1.807) is 0 Å². The Balaban J connectivity index is 2.26. The fourth-order valence-corrected chi connectivity index (χ4v) is 1.66. The van der Waals surface area contributed by atoms with Crippen LogP contribution in [0.15, 0.2) is 41.3 Å². The lowest BCUT2D eigenvalue weighted by Crippen LogP contribution is -2.13. The first kappa shape index (κ1) is 13.5. The van der Waals surface area contributed by atoms with Crippen LogP contribution in [0, 0.1) is 17.5 Å². The summed E-state index contributed by atoms with van der Waals surface area (Å²) in [6.45, 7) is 0. The molecule has 6 heteroatoms. The van der Waals surface area contributed by atoms with Crippen molar-refractivity contribution >= 4 is 24.2 Å². The molecule has 0 aliphatic rings. The largest absolute Gasteiger partial charge is 0.319 e. The lowest BCUT2D eigenvalue weighted by Gasteiger charge is -2.07. The maximum atomic E-state index is 13.4. The van der Waals surface area contributed by atoms with Gasteiger partial charge in [-0.3, -0.25) is 4.79 Å². The summed E-state index contributed by atoms with van der Waals surface area (Å²) in [7, 11) is 0. The zero-order valence-electron chi connectivity index (χ0n) is 9.45. The third-order valence-electron chi connectivity index (χ3n) is 2.41. The Bertz CT molecular complexity index is 646. The van der Waals surface area contributed by atoms with E-state index in [0.717, 1.165) is 12.1 Å². The molecule has 2 nitrogen and oxygen atoms in total. The highest BCUT2D eigenvalue weighted by Crippen LogP contribution is 2.19. The summed E-state index contributed by atoms with van der Waals surface area (Å²) in [6, 6.07) is 6.92. The number of carbonyl (C=O) groups excluding carboxylic acids is 1. The van der Waals surface area contributed by atoms with Crippen molar-refractivity contribution < 1.29 is 18.0 Å². The van der Waals surface area contributed by atoms with Crippen molar-refractivity contribution in [3.8, 4) is 0 Å². The van der Waals surface area contributed by atoms with Crippen LogP contribution in [0.25, 0.3) is 0 Å². The van der Waals surface area contributed by atoms with E-state index in [2.05, 4.69) is 17.9 Å². The molecule has 0 aliphatic heterocycles. The molecule has 2 aromatic carbocycles. The van der Waals surface area contributed by atoms with Crippen molar-refractivity contribution in [1.82, 2.24) is 0 Å². The molecule has 0 saturated heterocycles. The van der Waals surface area contributed by atoms with Crippen molar-refractivity contribution in [3.63, 3.8) is 0 Å². The molecular weight excluding hydrogens is 275 g/mol. The maximum absolute atomic E-state index is 13.4. The topological polar surface area (TPSA) is 29.1 Å². The van der Waals surface area contributed by atoms with E-state index < -0.39 is 23.4 Å². The quantitative estimate of drug-likeness (QED) is 0.809. The molecule has 0 aromatic heterocycles. The molecule has 1 N–H and O–H groups in total. The highest BCUT2D eigenvalue weighted by molar-refractivity contribution is 7.80. The Morgan fingerprint density at radius 3 is 2.47 bits per heavy atom. The summed E-state index contributed by atoms with van der Waals surface area (Å²) >= 11 is 3.84. The Kier molecular flexibility index (Phi) is 3.80. The molecule has 0 fully saturated rings. The van der Waals surface area contributed by atoms with Gasteiger partial charge in [0, 0.05) is 10.5 Å². The number of carbonyl (C=O) groups is 1. The fraction of sp³-hybridized carbons (Fsp3) is 0. The van der Waals surface area contributed by atoms with E-state index in [-0.39, 0.29) is 16.1 Å². The average molecular weight is 283 g/mol. The minimum atomic E-state index is -1.15.